The lowest BCUT2D eigenvalue weighted by Crippen LogP contribution is -2.35. The van der Waals surface area contributed by atoms with Crippen LogP contribution in [-0.2, 0) is 6.42 Å². The van der Waals surface area contributed by atoms with E-state index < -0.39 is 0 Å². The maximum absolute atomic E-state index is 12.7. The van der Waals surface area contributed by atoms with Gasteiger partial charge in [-0.25, -0.2) is 9.97 Å². The Bertz CT molecular complexity index is 851. The molecule has 1 atom stereocenters. The maximum atomic E-state index is 12.7. The van der Waals surface area contributed by atoms with Gasteiger partial charge in [0.1, 0.15) is 0 Å². The smallest absolute Gasteiger partial charge is 0.225 e. The molecule has 0 spiro atoms. The second kappa shape index (κ2) is 7.63. The molecule has 0 N–H and O–H groups in total. The first kappa shape index (κ1) is 17.9. The van der Waals surface area contributed by atoms with Crippen molar-refractivity contribution in [2.75, 3.05) is 18.0 Å². The van der Waals surface area contributed by atoms with Gasteiger partial charge in [0.25, 0.3) is 0 Å². The largest absolute Gasteiger partial charge is 0.341 e. The number of Topliss-reactive ketones (excluding diaryl/α,β-unsaturated/α-hetero) is 1. The molecule has 2 aromatic rings. The van der Waals surface area contributed by atoms with Crippen LogP contribution in [0.3, 0.4) is 0 Å². The quantitative estimate of drug-likeness (QED) is 0.809. The molecular formula is C23H27N3O. The van der Waals surface area contributed by atoms with Crippen LogP contribution in [0.4, 0.5) is 5.95 Å². The number of carbonyl (C=O) groups is 1. The minimum Gasteiger partial charge on any atom is -0.341 e. The molecule has 4 nitrogen and oxygen atoms in total. The normalized spacial score (nSPS) is 20.9. The fourth-order valence-corrected chi connectivity index (χ4v) is 4.08. The molecule has 2 heterocycles. The Labute approximate surface area is 161 Å². The molecule has 4 heteroatoms. The Morgan fingerprint density at radius 2 is 1.81 bits per heavy atom. The molecule has 1 aliphatic carbocycles. The molecule has 0 saturated carbocycles. The summed E-state index contributed by atoms with van der Waals surface area (Å²) in [7, 11) is 0. The van der Waals surface area contributed by atoms with E-state index in [4.69, 9.17) is 4.98 Å². The fourth-order valence-electron chi connectivity index (χ4n) is 4.08. The van der Waals surface area contributed by atoms with E-state index in [1.807, 2.05) is 25.1 Å². The van der Waals surface area contributed by atoms with Crippen molar-refractivity contribution < 1.29 is 4.79 Å². The standard InChI is InChI=1S/C23H27N3O/c1-16-10-12-26(13-11-16)23-24-17(2)22-20(25-23)14-19(15-21(22)27)9-8-18-6-4-3-5-7-18/h3-9,16,19H,10-15H2,1-2H3/b9-8+. The third-order valence-corrected chi connectivity index (χ3v) is 5.76. The lowest BCUT2D eigenvalue weighted by molar-refractivity contribution is 0.0956. The fraction of sp³-hybridized carbons (Fsp3) is 0.435. The summed E-state index contributed by atoms with van der Waals surface area (Å²) in [5.41, 5.74) is 3.69. The van der Waals surface area contributed by atoms with Crippen LogP contribution < -0.4 is 4.90 Å². The Kier molecular flexibility index (Phi) is 5.06. The number of hydrogen-bond acceptors (Lipinski definition) is 4. The van der Waals surface area contributed by atoms with Gasteiger partial charge in [0.2, 0.25) is 5.95 Å². The lowest BCUT2D eigenvalue weighted by Gasteiger charge is -2.31. The van der Waals surface area contributed by atoms with Gasteiger partial charge in [-0.05, 0) is 43.6 Å². The van der Waals surface area contributed by atoms with Crippen molar-refractivity contribution in [3.63, 3.8) is 0 Å². The number of aromatic nitrogens is 2. The van der Waals surface area contributed by atoms with Gasteiger partial charge < -0.3 is 4.90 Å². The molecule has 0 radical (unpaired) electrons. The first-order chi connectivity index (χ1) is 13.1. The van der Waals surface area contributed by atoms with Crippen LogP contribution in [0.5, 0.6) is 0 Å². The van der Waals surface area contributed by atoms with Gasteiger partial charge in [0.15, 0.2) is 5.78 Å². The van der Waals surface area contributed by atoms with E-state index in [2.05, 4.69) is 41.1 Å². The van der Waals surface area contributed by atoms with Gasteiger partial charge in [0.05, 0.1) is 17.0 Å². The second-order valence-corrected chi connectivity index (χ2v) is 7.96. The van der Waals surface area contributed by atoms with Crippen LogP contribution in [0.2, 0.25) is 0 Å². The molecule has 2 aliphatic rings. The highest BCUT2D eigenvalue weighted by molar-refractivity contribution is 5.99. The molecule has 1 saturated heterocycles. The summed E-state index contributed by atoms with van der Waals surface area (Å²) in [5, 5.41) is 0. The molecule has 1 fully saturated rings. The number of hydrogen-bond donors (Lipinski definition) is 0. The van der Waals surface area contributed by atoms with E-state index >= 15 is 0 Å². The highest BCUT2D eigenvalue weighted by Crippen LogP contribution is 2.30. The third-order valence-electron chi connectivity index (χ3n) is 5.76. The van der Waals surface area contributed by atoms with Crippen LogP contribution in [0.1, 0.15) is 53.5 Å². The van der Waals surface area contributed by atoms with Crippen molar-refractivity contribution in [2.45, 2.75) is 39.5 Å². The number of aryl methyl sites for hydroxylation is 1. The number of benzene rings is 1. The topological polar surface area (TPSA) is 46.1 Å². The number of piperidine rings is 1. The average Bonchev–Trinajstić information content (AvgIpc) is 2.67. The van der Waals surface area contributed by atoms with Crippen LogP contribution in [-0.4, -0.2) is 28.8 Å². The number of allylic oxidation sites excluding steroid dienone is 1. The Hall–Kier alpha value is -2.49. The molecule has 0 bridgehead atoms. The van der Waals surface area contributed by atoms with Gasteiger partial charge in [0, 0.05) is 19.5 Å². The van der Waals surface area contributed by atoms with E-state index in [1.54, 1.807) is 0 Å². The Morgan fingerprint density at radius 3 is 2.56 bits per heavy atom. The molecule has 1 aromatic carbocycles. The molecule has 1 aliphatic heterocycles. The Balaban J connectivity index is 1.57. The number of rotatable bonds is 3. The Morgan fingerprint density at radius 1 is 1.07 bits per heavy atom. The predicted octanol–water partition coefficient (Wildman–Crippen LogP) is 4.48. The molecule has 140 valence electrons. The number of carbonyl (C=O) groups excluding carboxylic acids is 1. The zero-order valence-corrected chi connectivity index (χ0v) is 16.2. The van der Waals surface area contributed by atoms with E-state index in [1.165, 1.54) is 12.8 Å². The first-order valence-electron chi connectivity index (χ1n) is 9.99. The summed E-state index contributed by atoms with van der Waals surface area (Å²) in [4.78, 5) is 24.5. The van der Waals surface area contributed by atoms with Gasteiger partial charge in [-0.2, -0.15) is 0 Å². The van der Waals surface area contributed by atoms with Crippen LogP contribution in [0.25, 0.3) is 6.08 Å². The zero-order chi connectivity index (χ0) is 18.8. The van der Waals surface area contributed by atoms with Crippen LogP contribution in [0.15, 0.2) is 36.4 Å². The van der Waals surface area contributed by atoms with E-state index in [-0.39, 0.29) is 11.7 Å². The van der Waals surface area contributed by atoms with Crippen LogP contribution >= 0.6 is 0 Å². The molecule has 0 amide bonds. The number of nitrogens with zero attached hydrogens (tertiary/aromatic N) is 3. The predicted molar refractivity (Wildman–Crippen MR) is 109 cm³/mol. The summed E-state index contributed by atoms with van der Waals surface area (Å²) in [5.74, 6) is 1.96. The van der Waals surface area contributed by atoms with Gasteiger partial charge in [-0.1, -0.05) is 49.4 Å². The van der Waals surface area contributed by atoms with Gasteiger partial charge in [-0.3, -0.25) is 4.79 Å². The SMILES string of the molecule is Cc1nc(N2CCC(C)CC2)nc2c1C(=O)CC(/C=C/c1ccccc1)C2. The number of fused-ring (bicyclic) bond motifs is 1. The minimum absolute atomic E-state index is 0.176. The minimum atomic E-state index is 0.176. The van der Waals surface area contributed by atoms with Crippen molar-refractivity contribution >= 4 is 17.8 Å². The highest BCUT2D eigenvalue weighted by atomic mass is 16.1. The highest BCUT2D eigenvalue weighted by Gasteiger charge is 2.29. The van der Waals surface area contributed by atoms with Crippen molar-refractivity contribution in [1.29, 1.82) is 0 Å². The monoisotopic (exact) mass is 361 g/mol. The van der Waals surface area contributed by atoms with E-state index in [9.17, 15) is 4.79 Å². The summed E-state index contributed by atoms with van der Waals surface area (Å²) >= 11 is 0. The summed E-state index contributed by atoms with van der Waals surface area (Å²) in [6, 6.07) is 10.2. The maximum Gasteiger partial charge on any atom is 0.225 e. The first-order valence-corrected chi connectivity index (χ1v) is 9.99. The van der Waals surface area contributed by atoms with E-state index in [0.29, 0.717) is 6.42 Å². The lowest BCUT2D eigenvalue weighted by atomic mass is 9.85. The molecular weight excluding hydrogens is 334 g/mol. The van der Waals surface area contributed by atoms with Crippen molar-refractivity contribution in [1.82, 2.24) is 9.97 Å². The van der Waals surface area contributed by atoms with Crippen LogP contribution in [0, 0.1) is 18.8 Å². The molecule has 1 unspecified atom stereocenters. The van der Waals surface area contributed by atoms with E-state index in [0.717, 1.165) is 53.9 Å². The molecule has 27 heavy (non-hydrogen) atoms. The zero-order valence-electron chi connectivity index (χ0n) is 16.2. The van der Waals surface area contributed by atoms with Crippen molar-refractivity contribution in [3.05, 3.63) is 58.9 Å². The summed E-state index contributed by atoms with van der Waals surface area (Å²) in [6.45, 7) is 6.27. The summed E-state index contributed by atoms with van der Waals surface area (Å²) < 4.78 is 0. The molecule has 1 aromatic heterocycles. The number of anilines is 1. The third kappa shape index (κ3) is 3.95. The van der Waals surface area contributed by atoms with Crippen molar-refractivity contribution in [3.8, 4) is 0 Å². The van der Waals surface area contributed by atoms with Crippen molar-refractivity contribution in [2.24, 2.45) is 11.8 Å². The summed E-state index contributed by atoms with van der Waals surface area (Å²) in [6.07, 6.45) is 7.99. The molecule has 4 rings (SSSR count). The average molecular weight is 361 g/mol. The van der Waals surface area contributed by atoms with Gasteiger partial charge in [-0.15, -0.1) is 0 Å². The van der Waals surface area contributed by atoms with Gasteiger partial charge >= 0.3 is 0 Å². The number of ketones is 1. The second-order valence-electron chi connectivity index (χ2n) is 7.96.